The molecule has 0 bridgehead atoms. The van der Waals surface area contributed by atoms with Crippen LogP contribution in [-0.4, -0.2) is 47.6 Å². The summed E-state index contributed by atoms with van der Waals surface area (Å²) in [5.74, 6) is 1.48. The number of hydrogen-bond donors (Lipinski definition) is 1. The molecule has 0 radical (unpaired) electrons. The highest BCUT2D eigenvalue weighted by molar-refractivity contribution is 7.99. The van der Waals surface area contributed by atoms with E-state index >= 15 is 0 Å². The van der Waals surface area contributed by atoms with Crippen molar-refractivity contribution < 1.29 is 9.90 Å². The summed E-state index contributed by atoms with van der Waals surface area (Å²) < 4.78 is 0. The van der Waals surface area contributed by atoms with E-state index < -0.39 is 0 Å². The smallest absolute Gasteiger partial charge is 0.232 e. The third-order valence-corrected chi connectivity index (χ3v) is 3.18. The maximum atomic E-state index is 11.5. The fraction of sp³-hybridized carbons (Fsp3) is 0.800. The van der Waals surface area contributed by atoms with Crippen molar-refractivity contribution in [3.63, 3.8) is 0 Å². The number of rotatable bonds is 7. The normalized spacial score (nSPS) is 11.9. The van der Waals surface area contributed by atoms with Crippen molar-refractivity contribution in [2.45, 2.75) is 13.3 Å². The minimum atomic E-state index is 0.0420. The largest absolute Gasteiger partial charge is 0.396 e. The molecule has 0 aromatic carbocycles. The Morgan fingerprint density at radius 1 is 1.67 bits per heavy atom. The Hall–Kier alpha value is -0.730. The predicted molar refractivity (Wildman–Crippen MR) is 61.4 cm³/mol. The van der Waals surface area contributed by atoms with E-state index in [-0.39, 0.29) is 18.4 Å². The van der Waals surface area contributed by atoms with Gasteiger partial charge in [0, 0.05) is 20.2 Å². The van der Waals surface area contributed by atoms with Gasteiger partial charge in [0.15, 0.2) is 0 Å². The van der Waals surface area contributed by atoms with E-state index in [2.05, 4.69) is 0 Å². The van der Waals surface area contributed by atoms with E-state index in [9.17, 15) is 4.79 Å². The molecule has 1 atom stereocenters. The molecular formula is C10H18N2O2S. The van der Waals surface area contributed by atoms with Crippen molar-refractivity contribution in [1.82, 2.24) is 4.90 Å². The molecule has 1 N–H and O–H groups in total. The SMILES string of the molecule is CC(CO)CSCC(=O)N(C)CCC#N. The quantitative estimate of drug-likeness (QED) is 0.700. The fourth-order valence-electron chi connectivity index (χ4n) is 0.853. The summed E-state index contributed by atoms with van der Waals surface area (Å²) in [6.07, 6.45) is 0.375. The molecule has 15 heavy (non-hydrogen) atoms. The lowest BCUT2D eigenvalue weighted by atomic mass is 10.2. The van der Waals surface area contributed by atoms with Crippen LogP contribution >= 0.6 is 11.8 Å². The second-order valence-electron chi connectivity index (χ2n) is 3.53. The minimum absolute atomic E-state index is 0.0420. The van der Waals surface area contributed by atoms with Crippen LogP contribution in [0.25, 0.3) is 0 Å². The average molecular weight is 230 g/mol. The fourth-order valence-corrected chi connectivity index (χ4v) is 1.87. The third-order valence-electron chi connectivity index (χ3n) is 1.92. The Balaban J connectivity index is 3.60. The second kappa shape index (κ2) is 8.57. The standard InChI is InChI=1S/C10H18N2O2S/c1-9(6-13)7-15-8-10(14)12(2)5-3-4-11/h9,13H,3,5-8H2,1-2H3. The van der Waals surface area contributed by atoms with Gasteiger partial charge in [-0.05, 0) is 11.7 Å². The molecule has 0 aromatic heterocycles. The summed E-state index contributed by atoms with van der Waals surface area (Å²) in [7, 11) is 1.70. The van der Waals surface area contributed by atoms with E-state index in [0.717, 1.165) is 5.75 Å². The van der Waals surface area contributed by atoms with Gasteiger partial charge < -0.3 is 10.0 Å². The molecule has 0 saturated heterocycles. The summed E-state index contributed by atoms with van der Waals surface area (Å²) in [5.41, 5.74) is 0. The zero-order valence-electron chi connectivity index (χ0n) is 9.27. The van der Waals surface area contributed by atoms with Gasteiger partial charge in [0.05, 0.1) is 18.2 Å². The Labute approximate surface area is 95.3 Å². The number of hydrogen-bond acceptors (Lipinski definition) is 4. The van der Waals surface area contributed by atoms with Crippen LogP contribution in [0.5, 0.6) is 0 Å². The lowest BCUT2D eigenvalue weighted by molar-refractivity contribution is -0.127. The zero-order chi connectivity index (χ0) is 11.7. The molecule has 0 aromatic rings. The van der Waals surface area contributed by atoms with E-state index in [1.165, 1.54) is 11.8 Å². The molecule has 86 valence electrons. The first-order valence-corrected chi connectivity index (χ1v) is 6.06. The Morgan fingerprint density at radius 2 is 2.33 bits per heavy atom. The maximum Gasteiger partial charge on any atom is 0.232 e. The summed E-state index contributed by atoms with van der Waals surface area (Å²) in [5, 5.41) is 17.1. The minimum Gasteiger partial charge on any atom is -0.396 e. The highest BCUT2D eigenvalue weighted by Crippen LogP contribution is 2.08. The van der Waals surface area contributed by atoms with Crippen molar-refractivity contribution in [3.05, 3.63) is 0 Å². The maximum absolute atomic E-state index is 11.5. The number of nitrogens with zero attached hydrogens (tertiary/aromatic N) is 2. The van der Waals surface area contributed by atoms with E-state index in [1.807, 2.05) is 13.0 Å². The molecule has 0 rings (SSSR count). The molecule has 1 amide bonds. The van der Waals surface area contributed by atoms with E-state index in [0.29, 0.717) is 18.7 Å². The van der Waals surface area contributed by atoms with E-state index in [1.54, 1.807) is 11.9 Å². The Morgan fingerprint density at radius 3 is 2.87 bits per heavy atom. The highest BCUT2D eigenvalue weighted by atomic mass is 32.2. The van der Waals surface area contributed by atoms with Crippen LogP contribution in [-0.2, 0) is 4.79 Å². The van der Waals surface area contributed by atoms with Crippen molar-refractivity contribution >= 4 is 17.7 Å². The van der Waals surface area contributed by atoms with Crippen LogP contribution in [0.4, 0.5) is 0 Å². The van der Waals surface area contributed by atoms with Gasteiger partial charge in [0.2, 0.25) is 5.91 Å². The number of aliphatic hydroxyl groups excluding tert-OH is 1. The van der Waals surface area contributed by atoms with Crippen LogP contribution in [0.2, 0.25) is 0 Å². The summed E-state index contributed by atoms with van der Waals surface area (Å²) in [6.45, 7) is 2.59. The predicted octanol–water partition coefficient (Wildman–Crippen LogP) is 0.720. The van der Waals surface area contributed by atoms with Crippen molar-refractivity contribution in [2.24, 2.45) is 5.92 Å². The van der Waals surface area contributed by atoms with Gasteiger partial charge in [-0.15, -0.1) is 0 Å². The number of amides is 1. The molecule has 0 aliphatic rings. The monoisotopic (exact) mass is 230 g/mol. The lowest BCUT2D eigenvalue weighted by Gasteiger charge is -2.15. The van der Waals surface area contributed by atoms with Gasteiger partial charge >= 0.3 is 0 Å². The lowest BCUT2D eigenvalue weighted by Crippen LogP contribution is -2.29. The second-order valence-corrected chi connectivity index (χ2v) is 4.56. The topological polar surface area (TPSA) is 64.3 Å². The first-order valence-electron chi connectivity index (χ1n) is 4.91. The molecule has 0 spiro atoms. The van der Waals surface area contributed by atoms with E-state index in [4.69, 9.17) is 10.4 Å². The van der Waals surface area contributed by atoms with Crippen LogP contribution in [0.15, 0.2) is 0 Å². The van der Waals surface area contributed by atoms with Crippen molar-refractivity contribution in [1.29, 1.82) is 5.26 Å². The number of aliphatic hydroxyl groups is 1. The highest BCUT2D eigenvalue weighted by Gasteiger charge is 2.09. The summed E-state index contributed by atoms with van der Waals surface area (Å²) in [6, 6.07) is 2.00. The molecule has 1 unspecified atom stereocenters. The number of carbonyl (C=O) groups excluding carboxylic acids is 1. The third kappa shape index (κ3) is 7.23. The van der Waals surface area contributed by atoms with Gasteiger partial charge in [-0.1, -0.05) is 6.92 Å². The van der Waals surface area contributed by atoms with Crippen molar-refractivity contribution in [3.8, 4) is 6.07 Å². The van der Waals surface area contributed by atoms with Gasteiger partial charge in [0.25, 0.3) is 0 Å². The van der Waals surface area contributed by atoms with Gasteiger partial charge in [-0.3, -0.25) is 4.79 Å². The molecule has 0 aliphatic heterocycles. The molecular weight excluding hydrogens is 212 g/mol. The molecule has 0 fully saturated rings. The first-order chi connectivity index (χ1) is 7.11. The van der Waals surface area contributed by atoms with Crippen LogP contribution < -0.4 is 0 Å². The first kappa shape index (κ1) is 14.3. The van der Waals surface area contributed by atoms with Crippen molar-refractivity contribution in [2.75, 3.05) is 31.7 Å². The van der Waals surface area contributed by atoms with Gasteiger partial charge in [-0.2, -0.15) is 17.0 Å². The summed E-state index contributed by atoms with van der Waals surface area (Å²) in [4.78, 5) is 13.0. The molecule has 0 heterocycles. The van der Waals surface area contributed by atoms with Crippen LogP contribution in [0, 0.1) is 17.2 Å². The van der Waals surface area contributed by atoms with Gasteiger partial charge in [-0.25, -0.2) is 0 Å². The molecule has 0 aliphatic carbocycles. The zero-order valence-corrected chi connectivity index (χ0v) is 10.1. The number of nitriles is 1. The molecule has 4 nitrogen and oxygen atoms in total. The Kier molecular flexibility index (Phi) is 8.15. The average Bonchev–Trinajstić information content (AvgIpc) is 2.25. The number of carbonyl (C=O) groups is 1. The molecule has 0 saturated carbocycles. The Bertz CT molecular complexity index is 228. The number of thioether (sulfide) groups is 1. The molecule has 5 heteroatoms. The summed E-state index contributed by atoms with van der Waals surface area (Å²) >= 11 is 1.52. The van der Waals surface area contributed by atoms with Crippen LogP contribution in [0.1, 0.15) is 13.3 Å². The van der Waals surface area contributed by atoms with Crippen LogP contribution in [0.3, 0.4) is 0 Å². The van der Waals surface area contributed by atoms with Gasteiger partial charge in [0.1, 0.15) is 0 Å².